The zero-order valence-corrected chi connectivity index (χ0v) is 25.8. The van der Waals surface area contributed by atoms with E-state index in [0.717, 1.165) is 57.2 Å². The molecular weight excluding hydrogens is 556 g/mol. The van der Waals surface area contributed by atoms with Crippen molar-refractivity contribution in [1.82, 2.24) is 19.8 Å². The smallest absolute Gasteiger partial charge is 0.226 e. The van der Waals surface area contributed by atoms with Crippen LogP contribution in [-0.2, 0) is 16.1 Å². The lowest BCUT2D eigenvalue weighted by atomic mass is 9.96. The lowest BCUT2D eigenvalue weighted by Crippen LogP contribution is -2.37. The number of benzene rings is 1. The quantitative estimate of drug-likeness (QED) is 0.310. The number of morpholine rings is 1. The average molecular weight is 595 g/mol. The number of nitrogens with one attached hydrogen (secondary N) is 2. The third-order valence-corrected chi connectivity index (χ3v) is 8.63. The van der Waals surface area contributed by atoms with Gasteiger partial charge in [0.25, 0.3) is 0 Å². The van der Waals surface area contributed by atoms with Crippen molar-refractivity contribution in [3.8, 4) is 0 Å². The van der Waals surface area contributed by atoms with Gasteiger partial charge >= 0.3 is 0 Å². The van der Waals surface area contributed by atoms with Crippen molar-refractivity contribution in [3.63, 3.8) is 0 Å². The molecule has 0 spiro atoms. The molecule has 2 aliphatic rings. The number of amides is 1. The predicted octanol–water partition coefficient (Wildman–Crippen LogP) is 5.65. The van der Waals surface area contributed by atoms with E-state index in [9.17, 15) is 4.79 Å². The van der Waals surface area contributed by atoms with Gasteiger partial charge < -0.3 is 24.8 Å². The fraction of sp³-hybridized carbons (Fsp3) is 0.452. The number of halogens is 1. The topological polar surface area (TPSA) is 74.7 Å². The minimum absolute atomic E-state index is 0.0767. The maximum absolute atomic E-state index is 12.3. The van der Waals surface area contributed by atoms with Gasteiger partial charge in [-0.15, -0.1) is 0 Å². The number of aryl methyl sites for hydroxylation is 1. The van der Waals surface area contributed by atoms with E-state index in [1.54, 1.807) is 0 Å². The molecule has 5 rings (SSSR count). The predicted molar refractivity (Wildman–Crippen MR) is 169 cm³/mol. The van der Waals surface area contributed by atoms with Crippen molar-refractivity contribution >= 4 is 46.2 Å². The summed E-state index contributed by atoms with van der Waals surface area (Å²) in [5.41, 5.74) is 6.01. The van der Waals surface area contributed by atoms with E-state index in [0.29, 0.717) is 15.8 Å². The summed E-state index contributed by atoms with van der Waals surface area (Å²) in [4.78, 5) is 21.6. The Labute approximate surface area is 253 Å². The summed E-state index contributed by atoms with van der Waals surface area (Å²) in [6.45, 7) is 13.7. The molecule has 2 N–H and O–H groups in total. The standard InChI is InChI=1S/C31H39ClN6O2S/c1-20(2)30(39)34-26-10-9-23(19-25(26)32)38-29(28(35-31(38)41)27-8-5-6-11-33-27)24-18-21(3)37(22(24)4)13-7-12-36-14-16-40-17-15-36/h5-6,8-11,18-20,28-29H,7,12-17H2,1-4H3,(H,34,39)(H,35,41)/t28-,29-/m1/s1. The van der Waals surface area contributed by atoms with Crippen LogP contribution in [0.5, 0.6) is 0 Å². The molecule has 2 aromatic heterocycles. The normalized spacial score (nSPS) is 19.6. The van der Waals surface area contributed by atoms with Crippen LogP contribution in [0.25, 0.3) is 0 Å². The number of pyridine rings is 1. The number of carbonyl (C=O) groups excluding carboxylic acids is 1. The summed E-state index contributed by atoms with van der Waals surface area (Å²) in [7, 11) is 0. The molecule has 0 unspecified atom stereocenters. The van der Waals surface area contributed by atoms with Crippen LogP contribution < -0.4 is 15.5 Å². The Bertz CT molecular complexity index is 1390. The van der Waals surface area contributed by atoms with Gasteiger partial charge in [0.15, 0.2) is 5.11 Å². The number of hydrogen-bond acceptors (Lipinski definition) is 5. The number of thiocarbonyl (C=S) groups is 1. The van der Waals surface area contributed by atoms with E-state index in [-0.39, 0.29) is 23.9 Å². The number of rotatable bonds is 9. The number of ether oxygens (including phenoxy) is 1. The Morgan fingerprint density at radius 2 is 1.95 bits per heavy atom. The van der Waals surface area contributed by atoms with E-state index < -0.39 is 0 Å². The van der Waals surface area contributed by atoms with E-state index in [1.807, 2.05) is 56.4 Å². The zero-order valence-electron chi connectivity index (χ0n) is 24.2. The zero-order chi connectivity index (χ0) is 29.1. The van der Waals surface area contributed by atoms with Gasteiger partial charge in [0.05, 0.1) is 41.7 Å². The van der Waals surface area contributed by atoms with Gasteiger partial charge in [-0.3, -0.25) is 14.7 Å². The van der Waals surface area contributed by atoms with Crippen LogP contribution in [-0.4, -0.2) is 58.3 Å². The largest absolute Gasteiger partial charge is 0.379 e. The minimum atomic E-state index is -0.148. The van der Waals surface area contributed by atoms with Gasteiger partial charge in [0.2, 0.25) is 5.91 Å². The molecule has 0 bridgehead atoms. The van der Waals surface area contributed by atoms with Gasteiger partial charge in [-0.05, 0) is 74.4 Å². The van der Waals surface area contributed by atoms with Crippen molar-refractivity contribution < 1.29 is 9.53 Å². The Kier molecular flexibility index (Phi) is 9.28. The van der Waals surface area contributed by atoms with Crippen molar-refractivity contribution in [2.24, 2.45) is 5.92 Å². The highest BCUT2D eigenvalue weighted by molar-refractivity contribution is 7.80. The SMILES string of the molecule is Cc1cc([C@@H]2[C@@H](c3ccccn3)NC(=S)N2c2ccc(NC(=O)C(C)C)c(Cl)c2)c(C)n1CCCN1CCOCC1. The molecule has 2 aliphatic heterocycles. The summed E-state index contributed by atoms with van der Waals surface area (Å²) in [5.74, 6) is -0.221. The molecular formula is C31H39ClN6O2S. The molecule has 41 heavy (non-hydrogen) atoms. The van der Waals surface area contributed by atoms with E-state index in [4.69, 9.17) is 33.5 Å². The van der Waals surface area contributed by atoms with Gasteiger partial charge in [-0.25, -0.2) is 0 Å². The van der Waals surface area contributed by atoms with Gasteiger partial charge in [-0.2, -0.15) is 0 Å². The molecule has 1 amide bonds. The summed E-state index contributed by atoms with van der Waals surface area (Å²) >= 11 is 12.6. The molecule has 1 aromatic carbocycles. The second kappa shape index (κ2) is 12.9. The molecule has 10 heteroatoms. The van der Waals surface area contributed by atoms with Crippen LogP contribution >= 0.6 is 23.8 Å². The number of anilines is 2. The summed E-state index contributed by atoms with van der Waals surface area (Å²) in [6, 6.07) is 13.7. The van der Waals surface area contributed by atoms with E-state index in [1.165, 1.54) is 17.0 Å². The lowest BCUT2D eigenvalue weighted by molar-refractivity contribution is -0.118. The van der Waals surface area contributed by atoms with Gasteiger partial charge in [0, 0.05) is 55.4 Å². The first kappa shape index (κ1) is 29.5. The minimum Gasteiger partial charge on any atom is -0.379 e. The number of aromatic nitrogens is 2. The first-order valence-electron chi connectivity index (χ1n) is 14.3. The summed E-state index contributed by atoms with van der Waals surface area (Å²) in [6.07, 6.45) is 2.89. The van der Waals surface area contributed by atoms with Crippen molar-refractivity contribution in [1.29, 1.82) is 0 Å². The second-order valence-electron chi connectivity index (χ2n) is 11.1. The molecule has 0 radical (unpaired) electrons. The third-order valence-electron chi connectivity index (χ3n) is 8.00. The van der Waals surface area contributed by atoms with E-state index in [2.05, 4.69) is 44.9 Å². The molecule has 0 saturated carbocycles. The summed E-state index contributed by atoms with van der Waals surface area (Å²) < 4.78 is 7.92. The van der Waals surface area contributed by atoms with Crippen LogP contribution in [0.1, 0.15) is 55.0 Å². The molecule has 0 aliphatic carbocycles. The highest BCUT2D eigenvalue weighted by atomic mass is 35.5. The van der Waals surface area contributed by atoms with Crippen LogP contribution in [0.15, 0.2) is 48.7 Å². The molecule has 3 aromatic rings. The van der Waals surface area contributed by atoms with Crippen LogP contribution in [0, 0.1) is 19.8 Å². The first-order valence-corrected chi connectivity index (χ1v) is 15.1. The average Bonchev–Trinajstić information content (AvgIpc) is 3.45. The van der Waals surface area contributed by atoms with Crippen molar-refractivity contribution in [3.05, 3.63) is 76.3 Å². The van der Waals surface area contributed by atoms with Crippen molar-refractivity contribution in [2.75, 3.05) is 43.1 Å². The Balaban J connectivity index is 1.47. The Morgan fingerprint density at radius 3 is 2.63 bits per heavy atom. The van der Waals surface area contributed by atoms with Crippen molar-refractivity contribution in [2.45, 2.75) is 52.7 Å². The second-order valence-corrected chi connectivity index (χ2v) is 11.9. The van der Waals surface area contributed by atoms with Gasteiger partial charge in [-0.1, -0.05) is 31.5 Å². The maximum atomic E-state index is 12.3. The monoisotopic (exact) mass is 594 g/mol. The molecule has 218 valence electrons. The molecule has 4 heterocycles. The molecule has 2 atom stereocenters. The molecule has 2 saturated heterocycles. The third kappa shape index (κ3) is 6.43. The van der Waals surface area contributed by atoms with Crippen LogP contribution in [0.2, 0.25) is 5.02 Å². The number of nitrogens with zero attached hydrogens (tertiary/aromatic N) is 4. The van der Waals surface area contributed by atoms with Crippen LogP contribution in [0.4, 0.5) is 11.4 Å². The molecule has 8 nitrogen and oxygen atoms in total. The van der Waals surface area contributed by atoms with Crippen LogP contribution in [0.3, 0.4) is 0 Å². The highest BCUT2D eigenvalue weighted by Gasteiger charge is 2.42. The number of hydrogen-bond donors (Lipinski definition) is 2. The fourth-order valence-electron chi connectivity index (χ4n) is 5.73. The molecule has 2 fully saturated rings. The highest BCUT2D eigenvalue weighted by Crippen LogP contribution is 2.44. The Hall–Kier alpha value is -2.98. The van der Waals surface area contributed by atoms with Gasteiger partial charge in [0.1, 0.15) is 0 Å². The lowest BCUT2D eigenvalue weighted by Gasteiger charge is -2.29. The van der Waals surface area contributed by atoms with E-state index >= 15 is 0 Å². The maximum Gasteiger partial charge on any atom is 0.226 e. The fourth-order valence-corrected chi connectivity index (χ4v) is 6.30. The first-order chi connectivity index (χ1) is 19.7. The number of carbonyl (C=O) groups is 1. The Morgan fingerprint density at radius 1 is 1.17 bits per heavy atom. The summed E-state index contributed by atoms with van der Waals surface area (Å²) in [5, 5.41) is 7.54.